The second-order valence-electron chi connectivity index (χ2n) is 6.33. The Morgan fingerprint density at radius 3 is 2.76 bits per heavy atom. The molecule has 1 fully saturated rings. The van der Waals surface area contributed by atoms with Gasteiger partial charge in [0.1, 0.15) is 0 Å². The van der Waals surface area contributed by atoms with E-state index in [2.05, 4.69) is 11.1 Å². The number of benzene rings is 1. The molecule has 25 heavy (non-hydrogen) atoms. The lowest BCUT2D eigenvalue weighted by molar-refractivity contribution is -0.131. The van der Waals surface area contributed by atoms with Gasteiger partial charge in [0.15, 0.2) is 0 Å². The molecule has 0 atom stereocenters. The minimum absolute atomic E-state index is 0.108. The maximum Gasteiger partial charge on any atom is 0.222 e. The van der Waals surface area contributed by atoms with Crippen molar-refractivity contribution in [2.75, 3.05) is 32.4 Å². The van der Waals surface area contributed by atoms with Gasteiger partial charge in [-0.15, -0.1) is 11.3 Å². The Morgan fingerprint density at radius 1 is 1.20 bits per heavy atom. The van der Waals surface area contributed by atoms with Crippen molar-refractivity contribution in [1.29, 1.82) is 0 Å². The number of aryl methyl sites for hydroxylation is 1. The summed E-state index contributed by atoms with van der Waals surface area (Å²) in [7, 11) is -3.18. The Labute approximate surface area is 152 Å². The summed E-state index contributed by atoms with van der Waals surface area (Å²) in [6.45, 7) is 2.00. The molecular formula is C17H23N3O3S2. The number of aromatic nitrogens is 1. The van der Waals surface area contributed by atoms with Gasteiger partial charge in [-0.25, -0.2) is 17.7 Å². The van der Waals surface area contributed by atoms with E-state index in [1.165, 1.54) is 15.3 Å². The first kappa shape index (κ1) is 18.3. The Morgan fingerprint density at radius 2 is 2.00 bits per heavy atom. The second-order valence-corrected chi connectivity index (χ2v) is 9.42. The summed E-state index contributed by atoms with van der Waals surface area (Å²) in [5.41, 5.74) is 1.02. The maximum atomic E-state index is 12.4. The van der Waals surface area contributed by atoms with Crippen LogP contribution in [-0.4, -0.2) is 60.9 Å². The second kappa shape index (κ2) is 7.80. The highest BCUT2D eigenvalue weighted by molar-refractivity contribution is 7.88. The number of thiazole rings is 1. The van der Waals surface area contributed by atoms with E-state index in [4.69, 9.17) is 0 Å². The van der Waals surface area contributed by atoms with Crippen LogP contribution in [0.4, 0.5) is 0 Å². The average Bonchev–Trinajstić information content (AvgIpc) is 2.79. The van der Waals surface area contributed by atoms with Gasteiger partial charge in [-0.2, -0.15) is 0 Å². The fourth-order valence-electron chi connectivity index (χ4n) is 3.05. The van der Waals surface area contributed by atoms with Crippen molar-refractivity contribution < 1.29 is 13.2 Å². The summed E-state index contributed by atoms with van der Waals surface area (Å²) in [5.74, 6) is 0.108. The topological polar surface area (TPSA) is 70.6 Å². The molecule has 0 unspecified atom stereocenters. The first-order valence-electron chi connectivity index (χ1n) is 8.51. The van der Waals surface area contributed by atoms with E-state index in [1.807, 2.05) is 18.2 Å². The third kappa shape index (κ3) is 4.77. The highest BCUT2D eigenvalue weighted by Crippen LogP contribution is 2.22. The average molecular weight is 382 g/mol. The van der Waals surface area contributed by atoms with Crippen LogP contribution in [-0.2, 0) is 21.2 Å². The minimum Gasteiger partial charge on any atom is -0.341 e. The largest absolute Gasteiger partial charge is 0.341 e. The van der Waals surface area contributed by atoms with Crippen LogP contribution in [0.15, 0.2) is 24.3 Å². The van der Waals surface area contributed by atoms with Crippen LogP contribution in [0.25, 0.3) is 10.2 Å². The molecule has 0 saturated carbocycles. The first-order chi connectivity index (χ1) is 11.9. The van der Waals surface area contributed by atoms with Crippen LogP contribution in [0.3, 0.4) is 0 Å². The summed E-state index contributed by atoms with van der Waals surface area (Å²) < 4.78 is 25.9. The normalized spacial score (nSPS) is 16.9. The lowest BCUT2D eigenvalue weighted by Crippen LogP contribution is -2.36. The molecule has 2 heterocycles. The number of carbonyl (C=O) groups excluding carboxylic acids is 1. The third-order valence-electron chi connectivity index (χ3n) is 4.40. The Bertz CT molecular complexity index is 815. The van der Waals surface area contributed by atoms with E-state index < -0.39 is 10.0 Å². The molecule has 8 heteroatoms. The van der Waals surface area contributed by atoms with Gasteiger partial charge in [-0.3, -0.25) is 4.79 Å². The van der Waals surface area contributed by atoms with E-state index in [0.29, 0.717) is 39.0 Å². The molecule has 0 aliphatic carbocycles. The molecule has 136 valence electrons. The number of para-hydroxylation sites is 1. The van der Waals surface area contributed by atoms with Crippen molar-refractivity contribution in [3.8, 4) is 0 Å². The smallest absolute Gasteiger partial charge is 0.222 e. The molecule has 1 saturated heterocycles. The number of nitrogens with zero attached hydrogens (tertiary/aromatic N) is 3. The SMILES string of the molecule is CS(=O)(=O)N1CCCN(C(=O)CCCc2nc3ccccc3s2)CC1. The number of hydrogen-bond acceptors (Lipinski definition) is 5. The van der Waals surface area contributed by atoms with Gasteiger partial charge < -0.3 is 4.90 Å². The van der Waals surface area contributed by atoms with Gasteiger partial charge in [-0.05, 0) is 31.4 Å². The Kier molecular flexibility index (Phi) is 5.71. The van der Waals surface area contributed by atoms with Gasteiger partial charge in [0.25, 0.3) is 0 Å². The van der Waals surface area contributed by atoms with Crippen LogP contribution >= 0.6 is 11.3 Å². The maximum absolute atomic E-state index is 12.4. The molecule has 6 nitrogen and oxygen atoms in total. The van der Waals surface area contributed by atoms with Crippen LogP contribution in [0.5, 0.6) is 0 Å². The highest BCUT2D eigenvalue weighted by Gasteiger charge is 2.23. The Hall–Kier alpha value is -1.51. The van der Waals surface area contributed by atoms with Crippen molar-refractivity contribution in [3.63, 3.8) is 0 Å². The van der Waals surface area contributed by atoms with E-state index in [1.54, 1.807) is 16.2 Å². The van der Waals surface area contributed by atoms with E-state index >= 15 is 0 Å². The lowest BCUT2D eigenvalue weighted by Gasteiger charge is -2.21. The number of carbonyl (C=O) groups is 1. The zero-order valence-electron chi connectivity index (χ0n) is 14.3. The predicted molar refractivity (Wildman–Crippen MR) is 100 cm³/mol. The zero-order chi connectivity index (χ0) is 17.9. The lowest BCUT2D eigenvalue weighted by atomic mass is 10.2. The molecule has 1 amide bonds. The number of rotatable bonds is 5. The van der Waals surface area contributed by atoms with Crippen molar-refractivity contribution >= 4 is 37.5 Å². The van der Waals surface area contributed by atoms with E-state index in [9.17, 15) is 13.2 Å². The third-order valence-corrected chi connectivity index (χ3v) is 6.80. The molecule has 3 rings (SSSR count). The summed E-state index contributed by atoms with van der Waals surface area (Å²) in [6, 6.07) is 8.05. The standard InChI is InChI=1S/C17H23N3O3S2/c1-25(22,23)20-11-5-10-19(12-13-20)17(21)9-4-8-16-18-14-6-2-3-7-15(14)24-16/h2-3,6-7H,4-5,8-13H2,1H3. The van der Waals surface area contributed by atoms with Crippen molar-refractivity contribution in [3.05, 3.63) is 29.3 Å². The molecule has 0 spiro atoms. The van der Waals surface area contributed by atoms with Crippen LogP contribution < -0.4 is 0 Å². The molecule has 2 aromatic rings. The molecular weight excluding hydrogens is 358 g/mol. The van der Waals surface area contributed by atoms with E-state index in [0.717, 1.165) is 23.4 Å². The number of amides is 1. The van der Waals surface area contributed by atoms with Crippen molar-refractivity contribution in [1.82, 2.24) is 14.2 Å². The van der Waals surface area contributed by atoms with Gasteiger partial charge in [0, 0.05) is 32.6 Å². The van der Waals surface area contributed by atoms with Gasteiger partial charge >= 0.3 is 0 Å². The molecule has 1 aliphatic rings. The highest BCUT2D eigenvalue weighted by atomic mass is 32.2. The number of hydrogen-bond donors (Lipinski definition) is 0. The molecule has 1 aliphatic heterocycles. The minimum atomic E-state index is -3.18. The van der Waals surface area contributed by atoms with Gasteiger partial charge in [-0.1, -0.05) is 12.1 Å². The fourth-order valence-corrected chi connectivity index (χ4v) is 4.93. The van der Waals surface area contributed by atoms with Crippen LogP contribution in [0, 0.1) is 0 Å². The van der Waals surface area contributed by atoms with Crippen LogP contribution in [0.2, 0.25) is 0 Å². The van der Waals surface area contributed by atoms with Crippen molar-refractivity contribution in [2.45, 2.75) is 25.7 Å². The number of sulfonamides is 1. The number of fused-ring (bicyclic) bond motifs is 1. The molecule has 1 aromatic carbocycles. The molecule has 0 bridgehead atoms. The van der Waals surface area contributed by atoms with E-state index in [-0.39, 0.29) is 5.91 Å². The summed E-state index contributed by atoms with van der Waals surface area (Å²) in [5, 5.41) is 1.06. The molecule has 1 aromatic heterocycles. The summed E-state index contributed by atoms with van der Waals surface area (Å²) in [6.07, 6.45) is 3.97. The Balaban J connectivity index is 1.49. The predicted octanol–water partition coefficient (Wildman–Crippen LogP) is 2.11. The fraction of sp³-hybridized carbons (Fsp3) is 0.529. The summed E-state index contributed by atoms with van der Waals surface area (Å²) in [4.78, 5) is 18.8. The van der Waals surface area contributed by atoms with Gasteiger partial charge in [0.2, 0.25) is 15.9 Å². The monoisotopic (exact) mass is 381 g/mol. The molecule has 0 N–H and O–H groups in total. The zero-order valence-corrected chi connectivity index (χ0v) is 16.0. The van der Waals surface area contributed by atoms with Crippen molar-refractivity contribution in [2.24, 2.45) is 0 Å². The van der Waals surface area contributed by atoms with Gasteiger partial charge in [0.05, 0.1) is 21.5 Å². The first-order valence-corrected chi connectivity index (χ1v) is 11.2. The quantitative estimate of drug-likeness (QED) is 0.795. The summed E-state index contributed by atoms with van der Waals surface area (Å²) >= 11 is 1.68. The molecule has 0 radical (unpaired) electrons. The van der Waals surface area contributed by atoms with Crippen LogP contribution in [0.1, 0.15) is 24.3 Å².